The zero-order chi connectivity index (χ0) is 13.3. The van der Waals surface area contributed by atoms with Crippen LogP contribution in [0.2, 0.25) is 0 Å². The second-order valence-corrected chi connectivity index (χ2v) is 4.95. The lowest BCUT2D eigenvalue weighted by molar-refractivity contribution is 0.0629. The van der Waals surface area contributed by atoms with E-state index >= 15 is 0 Å². The van der Waals surface area contributed by atoms with Gasteiger partial charge in [0.1, 0.15) is 5.82 Å². The molecular formula is C12H17N3O3. The molecule has 1 fully saturated rings. The smallest absolute Gasteiger partial charge is 0.338 e. The molecule has 1 aliphatic rings. The summed E-state index contributed by atoms with van der Waals surface area (Å²) in [7, 11) is 0. The summed E-state index contributed by atoms with van der Waals surface area (Å²) >= 11 is 0. The van der Waals surface area contributed by atoms with Gasteiger partial charge in [0.05, 0.1) is 36.2 Å². The minimum absolute atomic E-state index is 0.178. The molecule has 0 aliphatic carbocycles. The van der Waals surface area contributed by atoms with Crippen molar-refractivity contribution in [1.82, 2.24) is 4.98 Å². The zero-order valence-electron chi connectivity index (χ0n) is 10.5. The first kappa shape index (κ1) is 12.6. The van der Waals surface area contributed by atoms with Gasteiger partial charge in [0.15, 0.2) is 0 Å². The van der Waals surface area contributed by atoms with Crippen LogP contribution in [0, 0.1) is 0 Å². The number of morpholine rings is 1. The molecule has 2 rings (SSSR count). The molecule has 3 N–H and O–H groups in total. The van der Waals surface area contributed by atoms with Gasteiger partial charge in [-0.05, 0) is 19.9 Å². The van der Waals surface area contributed by atoms with Gasteiger partial charge in [0, 0.05) is 6.54 Å². The lowest BCUT2D eigenvalue weighted by atomic mass is 10.0. The average Bonchev–Trinajstić information content (AvgIpc) is 2.29. The normalized spacial score (nSPS) is 18.7. The fraction of sp³-hybridized carbons (Fsp3) is 0.500. The maximum atomic E-state index is 11.3. The molecule has 0 atom stereocenters. The van der Waals surface area contributed by atoms with Gasteiger partial charge in [-0.15, -0.1) is 0 Å². The van der Waals surface area contributed by atoms with Crippen LogP contribution in [-0.4, -0.2) is 41.4 Å². The molecule has 1 saturated heterocycles. The molecule has 1 aromatic heterocycles. The first-order valence-electron chi connectivity index (χ1n) is 5.76. The highest BCUT2D eigenvalue weighted by atomic mass is 16.5. The number of hydrogen-bond acceptors (Lipinski definition) is 5. The lowest BCUT2D eigenvalue weighted by Crippen LogP contribution is -2.53. The standard InChI is InChI=1S/C12H17N3O3/c1-12(2)7-18-4-3-15(12)9-6-14-10(13)5-8(9)11(16)17/h5-6H,3-4,7H2,1-2H3,(H2,13,14)(H,16,17). The zero-order valence-corrected chi connectivity index (χ0v) is 10.5. The predicted molar refractivity (Wildman–Crippen MR) is 67.9 cm³/mol. The van der Waals surface area contributed by atoms with Crippen molar-refractivity contribution in [2.45, 2.75) is 19.4 Å². The number of anilines is 2. The molecule has 0 saturated carbocycles. The molecule has 0 bridgehead atoms. The van der Waals surface area contributed by atoms with Crippen LogP contribution in [0.4, 0.5) is 11.5 Å². The summed E-state index contributed by atoms with van der Waals surface area (Å²) in [5, 5.41) is 9.25. The van der Waals surface area contributed by atoms with Crippen LogP contribution in [0.3, 0.4) is 0 Å². The topological polar surface area (TPSA) is 88.7 Å². The number of carboxylic acid groups (broad SMARTS) is 1. The van der Waals surface area contributed by atoms with Crippen LogP contribution >= 0.6 is 0 Å². The van der Waals surface area contributed by atoms with Crippen LogP contribution in [0.1, 0.15) is 24.2 Å². The minimum atomic E-state index is -0.999. The van der Waals surface area contributed by atoms with Crippen LogP contribution in [0.25, 0.3) is 0 Å². The van der Waals surface area contributed by atoms with Crippen LogP contribution in [0.5, 0.6) is 0 Å². The molecular weight excluding hydrogens is 234 g/mol. The van der Waals surface area contributed by atoms with Crippen molar-refractivity contribution in [3.63, 3.8) is 0 Å². The number of carbonyl (C=O) groups is 1. The van der Waals surface area contributed by atoms with Crippen molar-refractivity contribution in [2.24, 2.45) is 0 Å². The van der Waals surface area contributed by atoms with Crippen LogP contribution < -0.4 is 10.6 Å². The van der Waals surface area contributed by atoms with Crippen molar-refractivity contribution in [2.75, 3.05) is 30.4 Å². The van der Waals surface area contributed by atoms with Gasteiger partial charge >= 0.3 is 5.97 Å². The van der Waals surface area contributed by atoms with E-state index in [4.69, 9.17) is 10.5 Å². The third kappa shape index (κ3) is 2.24. The fourth-order valence-electron chi connectivity index (χ4n) is 2.16. The molecule has 6 nitrogen and oxygen atoms in total. The average molecular weight is 251 g/mol. The van der Waals surface area contributed by atoms with Crippen molar-refractivity contribution >= 4 is 17.5 Å². The summed E-state index contributed by atoms with van der Waals surface area (Å²) in [6, 6.07) is 1.39. The van der Waals surface area contributed by atoms with Gasteiger partial charge in [-0.1, -0.05) is 0 Å². The van der Waals surface area contributed by atoms with E-state index in [-0.39, 0.29) is 16.9 Å². The van der Waals surface area contributed by atoms with Gasteiger partial charge in [-0.2, -0.15) is 0 Å². The molecule has 0 radical (unpaired) electrons. The molecule has 1 aromatic rings. The number of nitrogens with zero attached hydrogens (tertiary/aromatic N) is 2. The number of ether oxygens (including phenoxy) is 1. The number of aromatic carboxylic acids is 1. The lowest BCUT2D eigenvalue weighted by Gasteiger charge is -2.44. The second kappa shape index (κ2) is 4.45. The van der Waals surface area contributed by atoms with E-state index in [0.29, 0.717) is 25.4 Å². The third-order valence-electron chi connectivity index (χ3n) is 3.07. The van der Waals surface area contributed by atoms with E-state index < -0.39 is 5.97 Å². The number of nitrogens with two attached hydrogens (primary N) is 1. The Hall–Kier alpha value is -1.82. The Balaban J connectivity index is 2.46. The van der Waals surface area contributed by atoms with Crippen LogP contribution in [0.15, 0.2) is 12.3 Å². The monoisotopic (exact) mass is 251 g/mol. The Morgan fingerprint density at radius 1 is 1.61 bits per heavy atom. The first-order valence-corrected chi connectivity index (χ1v) is 5.76. The molecule has 98 valence electrons. The number of pyridine rings is 1. The molecule has 2 heterocycles. The van der Waals surface area contributed by atoms with E-state index in [1.807, 2.05) is 18.7 Å². The van der Waals surface area contributed by atoms with Crippen molar-refractivity contribution in [1.29, 1.82) is 0 Å². The van der Waals surface area contributed by atoms with Gasteiger partial charge in [-0.25, -0.2) is 9.78 Å². The van der Waals surface area contributed by atoms with Gasteiger partial charge in [-0.3, -0.25) is 0 Å². The predicted octanol–water partition coefficient (Wildman–Crippen LogP) is 0.977. The Bertz CT molecular complexity index is 474. The summed E-state index contributed by atoms with van der Waals surface area (Å²) in [6.07, 6.45) is 1.52. The van der Waals surface area contributed by atoms with E-state index in [1.165, 1.54) is 12.3 Å². The molecule has 1 aliphatic heterocycles. The molecule has 18 heavy (non-hydrogen) atoms. The summed E-state index contributed by atoms with van der Waals surface area (Å²) in [5.41, 5.74) is 6.05. The Morgan fingerprint density at radius 2 is 2.33 bits per heavy atom. The van der Waals surface area contributed by atoms with Crippen LogP contribution in [-0.2, 0) is 4.74 Å². The third-order valence-corrected chi connectivity index (χ3v) is 3.07. The molecule has 0 unspecified atom stereocenters. The summed E-state index contributed by atoms with van der Waals surface area (Å²) in [6.45, 7) is 5.78. The van der Waals surface area contributed by atoms with Gasteiger partial charge < -0.3 is 20.5 Å². The molecule has 0 amide bonds. The maximum absolute atomic E-state index is 11.3. The Kier molecular flexibility index (Phi) is 3.13. The first-order chi connectivity index (χ1) is 8.42. The molecule has 0 spiro atoms. The van der Waals surface area contributed by atoms with Crippen molar-refractivity contribution in [3.8, 4) is 0 Å². The number of nitrogen functional groups attached to an aromatic ring is 1. The molecule has 0 aromatic carbocycles. The van der Waals surface area contributed by atoms with Crippen molar-refractivity contribution < 1.29 is 14.6 Å². The highest BCUT2D eigenvalue weighted by Crippen LogP contribution is 2.30. The molecule has 6 heteroatoms. The minimum Gasteiger partial charge on any atom is -0.478 e. The highest BCUT2D eigenvalue weighted by Gasteiger charge is 2.33. The van der Waals surface area contributed by atoms with Gasteiger partial charge in [0.2, 0.25) is 0 Å². The number of carboxylic acids is 1. The highest BCUT2D eigenvalue weighted by molar-refractivity contribution is 5.95. The Morgan fingerprint density at radius 3 is 2.94 bits per heavy atom. The number of aromatic nitrogens is 1. The van der Waals surface area contributed by atoms with E-state index in [0.717, 1.165) is 0 Å². The SMILES string of the molecule is CC1(C)COCCN1c1cnc(N)cc1C(=O)O. The number of rotatable bonds is 2. The summed E-state index contributed by atoms with van der Waals surface area (Å²) < 4.78 is 5.43. The second-order valence-electron chi connectivity index (χ2n) is 4.95. The number of hydrogen-bond donors (Lipinski definition) is 2. The van der Waals surface area contributed by atoms with E-state index in [2.05, 4.69) is 4.98 Å². The van der Waals surface area contributed by atoms with E-state index in [9.17, 15) is 9.90 Å². The maximum Gasteiger partial charge on any atom is 0.338 e. The quantitative estimate of drug-likeness (QED) is 0.814. The fourth-order valence-corrected chi connectivity index (χ4v) is 2.16. The summed E-state index contributed by atoms with van der Waals surface area (Å²) in [5.74, 6) is -0.788. The van der Waals surface area contributed by atoms with E-state index in [1.54, 1.807) is 0 Å². The largest absolute Gasteiger partial charge is 0.478 e. The summed E-state index contributed by atoms with van der Waals surface area (Å²) in [4.78, 5) is 17.3. The van der Waals surface area contributed by atoms with Gasteiger partial charge in [0.25, 0.3) is 0 Å². The Labute approximate surface area is 105 Å². The van der Waals surface area contributed by atoms with Crippen molar-refractivity contribution in [3.05, 3.63) is 17.8 Å².